The molecule has 0 bridgehead atoms. The second-order valence-electron chi connectivity index (χ2n) is 6.37. The molecule has 6 nitrogen and oxygen atoms in total. The summed E-state index contributed by atoms with van der Waals surface area (Å²) in [5.74, 6) is -0.422. The molecule has 1 unspecified atom stereocenters. The van der Waals surface area contributed by atoms with E-state index >= 15 is 0 Å². The molecule has 1 aromatic carbocycles. The Kier molecular flexibility index (Phi) is 4.90. The number of halogens is 4. The molecule has 4 rings (SSSR count). The molecule has 0 radical (unpaired) electrons. The monoisotopic (exact) mass is 474 g/mol. The van der Waals surface area contributed by atoms with Crippen molar-refractivity contribution in [1.82, 2.24) is 19.3 Å². The minimum atomic E-state index is -0.951. The summed E-state index contributed by atoms with van der Waals surface area (Å²) in [5, 5.41) is 6.13. The lowest BCUT2D eigenvalue weighted by Crippen LogP contribution is -2.21. The summed E-state index contributed by atoms with van der Waals surface area (Å²) in [4.78, 5) is 15.8. The summed E-state index contributed by atoms with van der Waals surface area (Å²) in [5.41, 5.74) is 1.91. The summed E-state index contributed by atoms with van der Waals surface area (Å²) in [6.45, 7) is 1.62. The van der Waals surface area contributed by atoms with Crippen LogP contribution >= 0.6 is 39.1 Å². The third-order valence-corrected chi connectivity index (χ3v) is 6.08. The smallest absolute Gasteiger partial charge is 0.302 e. The van der Waals surface area contributed by atoms with E-state index in [9.17, 15) is 9.18 Å². The van der Waals surface area contributed by atoms with Gasteiger partial charge in [-0.1, -0.05) is 23.2 Å². The molecule has 0 aliphatic carbocycles. The summed E-state index contributed by atoms with van der Waals surface area (Å²) < 4.78 is 23.1. The molecule has 10 heteroatoms. The molecule has 2 atom stereocenters. The number of carbonyl (C=O) groups is 1. The summed E-state index contributed by atoms with van der Waals surface area (Å²) in [6.07, 6.45) is 2.65. The van der Waals surface area contributed by atoms with E-state index in [4.69, 9.17) is 27.9 Å². The van der Waals surface area contributed by atoms with E-state index < -0.39 is 18.2 Å². The third-order valence-electron chi connectivity index (χ3n) is 4.53. The zero-order chi connectivity index (χ0) is 19.3. The lowest BCUT2D eigenvalue weighted by atomic mass is 10.1. The molecule has 27 heavy (non-hydrogen) atoms. The van der Waals surface area contributed by atoms with Crippen LogP contribution in [0.2, 0.25) is 10.0 Å². The predicted octanol–water partition coefficient (Wildman–Crippen LogP) is 4.35. The number of imidazole rings is 1. The number of benzene rings is 1. The molecule has 3 heterocycles. The van der Waals surface area contributed by atoms with Crippen LogP contribution in [0.1, 0.15) is 24.4 Å². The van der Waals surface area contributed by atoms with E-state index in [0.29, 0.717) is 31.1 Å². The molecule has 0 saturated carbocycles. The predicted molar refractivity (Wildman–Crippen MR) is 103 cm³/mol. The van der Waals surface area contributed by atoms with Gasteiger partial charge in [-0.3, -0.25) is 9.48 Å². The Bertz CT molecular complexity index is 1050. The van der Waals surface area contributed by atoms with Crippen LogP contribution in [0, 0.1) is 0 Å². The van der Waals surface area contributed by atoms with Crippen LogP contribution in [0.25, 0.3) is 10.9 Å². The number of ether oxygens (including phenoxy) is 1. The second-order valence-corrected chi connectivity index (χ2v) is 8.01. The Hall–Kier alpha value is -1.64. The average Bonchev–Trinajstić information content (AvgIpc) is 3.28. The Morgan fingerprint density at radius 1 is 1.52 bits per heavy atom. The number of hydrogen-bond donors (Lipinski definition) is 0. The molecule has 0 N–H and O–H groups in total. The zero-order valence-corrected chi connectivity index (χ0v) is 17.2. The SMILES string of the molecule is CC(=O)OCC(c1ncn2c1C[C@@H](F)C2)n1cc2c(Cl)cc(Br)c(Cl)c2n1. The Morgan fingerprint density at radius 2 is 2.30 bits per heavy atom. The molecule has 0 saturated heterocycles. The largest absolute Gasteiger partial charge is 0.463 e. The highest BCUT2D eigenvalue weighted by Crippen LogP contribution is 2.37. The van der Waals surface area contributed by atoms with Crippen molar-refractivity contribution < 1.29 is 13.9 Å². The molecule has 1 aliphatic heterocycles. The molecule has 142 valence electrons. The van der Waals surface area contributed by atoms with Gasteiger partial charge >= 0.3 is 5.97 Å². The molecule has 0 amide bonds. The van der Waals surface area contributed by atoms with Crippen molar-refractivity contribution in [2.45, 2.75) is 32.1 Å². The van der Waals surface area contributed by atoms with Gasteiger partial charge in [0.25, 0.3) is 0 Å². The van der Waals surface area contributed by atoms with Crippen LogP contribution in [-0.4, -0.2) is 38.1 Å². The molecule has 3 aromatic rings. The van der Waals surface area contributed by atoms with Crippen molar-refractivity contribution in [3.63, 3.8) is 0 Å². The first-order valence-electron chi connectivity index (χ1n) is 8.18. The number of nitrogens with zero attached hydrogens (tertiary/aromatic N) is 4. The number of fused-ring (bicyclic) bond motifs is 2. The number of hydrogen-bond acceptors (Lipinski definition) is 4. The van der Waals surface area contributed by atoms with Gasteiger partial charge < -0.3 is 9.30 Å². The van der Waals surface area contributed by atoms with Gasteiger partial charge in [-0.25, -0.2) is 9.37 Å². The highest BCUT2D eigenvalue weighted by molar-refractivity contribution is 9.10. The lowest BCUT2D eigenvalue weighted by molar-refractivity contribution is -0.141. The van der Waals surface area contributed by atoms with Crippen LogP contribution in [0.15, 0.2) is 23.1 Å². The van der Waals surface area contributed by atoms with Gasteiger partial charge in [-0.2, -0.15) is 5.10 Å². The quantitative estimate of drug-likeness (QED) is 0.415. The maximum atomic E-state index is 13.8. The molecule has 0 fully saturated rings. The first-order chi connectivity index (χ1) is 12.8. The van der Waals surface area contributed by atoms with Crippen molar-refractivity contribution >= 4 is 56.0 Å². The van der Waals surface area contributed by atoms with Crippen molar-refractivity contribution in [2.24, 2.45) is 0 Å². The van der Waals surface area contributed by atoms with Crippen LogP contribution < -0.4 is 0 Å². The van der Waals surface area contributed by atoms with Crippen LogP contribution in [0.3, 0.4) is 0 Å². The molecule has 2 aromatic heterocycles. The van der Waals surface area contributed by atoms with E-state index in [1.807, 2.05) is 0 Å². The summed E-state index contributed by atoms with van der Waals surface area (Å²) in [6, 6.07) is 1.18. The van der Waals surface area contributed by atoms with Gasteiger partial charge in [0.2, 0.25) is 0 Å². The lowest BCUT2D eigenvalue weighted by Gasteiger charge is -2.16. The fraction of sp³-hybridized carbons (Fsp3) is 0.353. The highest BCUT2D eigenvalue weighted by atomic mass is 79.9. The number of aromatic nitrogens is 4. The Balaban J connectivity index is 1.82. The summed E-state index contributed by atoms with van der Waals surface area (Å²) in [7, 11) is 0. The third kappa shape index (κ3) is 3.34. The zero-order valence-electron chi connectivity index (χ0n) is 14.1. The number of carbonyl (C=O) groups excluding carboxylic acids is 1. The van der Waals surface area contributed by atoms with Crippen molar-refractivity contribution in [1.29, 1.82) is 0 Å². The van der Waals surface area contributed by atoms with E-state index in [0.717, 1.165) is 5.69 Å². The van der Waals surface area contributed by atoms with E-state index in [-0.39, 0.29) is 19.6 Å². The summed E-state index contributed by atoms with van der Waals surface area (Å²) >= 11 is 16.0. The first kappa shape index (κ1) is 18.7. The maximum absolute atomic E-state index is 13.8. The topological polar surface area (TPSA) is 61.9 Å². The van der Waals surface area contributed by atoms with E-state index in [2.05, 4.69) is 26.0 Å². The maximum Gasteiger partial charge on any atom is 0.302 e. The van der Waals surface area contributed by atoms with Gasteiger partial charge in [-0.15, -0.1) is 0 Å². The standard InChI is InChI=1S/C17H14BrCl2FN4O2/c1-8(26)27-6-14(17-13-2-9(21)4-24(13)7-22-17)25-5-10-12(19)3-11(18)15(20)16(10)23-25/h3,5,7,9,14H,2,4,6H2,1H3/t9-,14?/m1/s1. The van der Waals surface area contributed by atoms with Crippen LogP contribution in [0.5, 0.6) is 0 Å². The van der Waals surface area contributed by atoms with Gasteiger partial charge in [0.15, 0.2) is 0 Å². The first-order valence-corrected chi connectivity index (χ1v) is 9.73. The van der Waals surface area contributed by atoms with Gasteiger partial charge in [-0.05, 0) is 22.0 Å². The number of alkyl halides is 1. The number of rotatable bonds is 4. The van der Waals surface area contributed by atoms with Crippen molar-refractivity contribution in [2.75, 3.05) is 6.61 Å². The normalized spacial score (nSPS) is 17.3. The molecular weight excluding hydrogens is 462 g/mol. The fourth-order valence-electron chi connectivity index (χ4n) is 3.30. The van der Waals surface area contributed by atoms with Crippen LogP contribution in [0.4, 0.5) is 4.39 Å². The van der Waals surface area contributed by atoms with Gasteiger partial charge in [0.1, 0.15) is 24.3 Å². The van der Waals surface area contributed by atoms with Gasteiger partial charge in [0.05, 0.1) is 28.6 Å². The van der Waals surface area contributed by atoms with E-state index in [1.54, 1.807) is 27.8 Å². The van der Waals surface area contributed by atoms with E-state index in [1.165, 1.54) is 6.92 Å². The molecule has 1 aliphatic rings. The molecular formula is C17H14BrCl2FN4O2. The highest BCUT2D eigenvalue weighted by Gasteiger charge is 2.30. The second kappa shape index (κ2) is 7.07. The van der Waals surface area contributed by atoms with Crippen LogP contribution in [-0.2, 0) is 22.5 Å². The molecule has 0 spiro atoms. The minimum absolute atomic E-state index is 0.0146. The van der Waals surface area contributed by atoms with Gasteiger partial charge in [0, 0.05) is 35.1 Å². The fourth-order valence-corrected chi connectivity index (χ4v) is 4.29. The Labute approximate surface area is 172 Å². The minimum Gasteiger partial charge on any atom is -0.463 e. The average molecular weight is 476 g/mol. The Morgan fingerprint density at radius 3 is 3.04 bits per heavy atom. The van der Waals surface area contributed by atoms with Crippen molar-refractivity contribution in [3.05, 3.63) is 44.5 Å². The van der Waals surface area contributed by atoms with Crippen molar-refractivity contribution in [3.8, 4) is 0 Å². The number of esters is 1.